The number of amides is 2. The zero-order valence-electron chi connectivity index (χ0n) is 13.3. The summed E-state index contributed by atoms with van der Waals surface area (Å²) in [5.74, 6) is 0.841. The van der Waals surface area contributed by atoms with Gasteiger partial charge in [0.05, 0.1) is 12.6 Å². The largest absolute Gasteiger partial charge is 0.497 e. The zero-order valence-corrected chi connectivity index (χ0v) is 13.3. The minimum absolute atomic E-state index is 0.103. The molecule has 0 aromatic heterocycles. The molecule has 120 valence electrons. The number of benzene rings is 2. The molecule has 1 aliphatic rings. The third kappa shape index (κ3) is 3.83. The molecule has 0 saturated heterocycles. The van der Waals surface area contributed by atoms with Gasteiger partial charge in [0, 0.05) is 6.54 Å². The third-order valence-corrected chi connectivity index (χ3v) is 4.26. The van der Waals surface area contributed by atoms with Gasteiger partial charge in [-0.25, -0.2) is 4.79 Å². The molecule has 0 spiro atoms. The van der Waals surface area contributed by atoms with Crippen molar-refractivity contribution in [3.05, 3.63) is 65.7 Å². The van der Waals surface area contributed by atoms with Crippen molar-refractivity contribution in [1.29, 1.82) is 0 Å². The molecule has 1 saturated carbocycles. The molecule has 0 bridgehead atoms. The number of methoxy groups -OCH3 is 1. The van der Waals surface area contributed by atoms with E-state index in [1.807, 2.05) is 42.5 Å². The molecule has 1 aliphatic carbocycles. The van der Waals surface area contributed by atoms with Crippen molar-refractivity contribution in [2.24, 2.45) is 0 Å². The summed E-state index contributed by atoms with van der Waals surface area (Å²) in [5.41, 5.74) is 2.16. The average molecular weight is 310 g/mol. The molecule has 2 amide bonds. The lowest BCUT2D eigenvalue weighted by molar-refractivity contribution is 0.236. The second kappa shape index (κ2) is 6.73. The first kappa shape index (κ1) is 15.4. The number of hydrogen-bond donors (Lipinski definition) is 2. The van der Waals surface area contributed by atoms with Crippen LogP contribution in [0.1, 0.15) is 24.0 Å². The van der Waals surface area contributed by atoms with E-state index < -0.39 is 0 Å². The van der Waals surface area contributed by atoms with E-state index in [2.05, 4.69) is 22.8 Å². The topological polar surface area (TPSA) is 50.4 Å². The van der Waals surface area contributed by atoms with Crippen molar-refractivity contribution >= 4 is 6.03 Å². The molecule has 1 fully saturated rings. The van der Waals surface area contributed by atoms with Crippen LogP contribution in [0.5, 0.6) is 5.75 Å². The standard InChI is InChI=1S/C19H22N2O2/c1-23-17-9-5-6-15(14-17)10-13-20-18(22)21-19(11-12-19)16-7-3-2-4-8-16/h2-9,14H,10-13H2,1H3,(H2,20,21,22). The molecule has 4 heteroatoms. The monoisotopic (exact) mass is 310 g/mol. The highest BCUT2D eigenvalue weighted by molar-refractivity contribution is 5.75. The van der Waals surface area contributed by atoms with Crippen LogP contribution in [0.4, 0.5) is 4.79 Å². The summed E-state index contributed by atoms with van der Waals surface area (Å²) < 4.78 is 5.21. The Morgan fingerprint density at radius 1 is 1.13 bits per heavy atom. The highest BCUT2D eigenvalue weighted by Crippen LogP contribution is 2.45. The predicted octanol–water partition coefficient (Wildman–Crippen LogP) is 3.23. The van der Waals surface area contributed by atoms with Crippen LogP contribution >= 0.6 is 0 Å². The van der Waals surface area contributed by atoms with Crippen molar-refractivity contribution in [3.8, 4) is 5.75 Å². The molecule has 2 aromatic rings. The number of rotatable bonds is 6. The number of hydrogen-bond acceptors (Lipinski definition) is 2. The normalized spacial score (nSPS) is 14.8. The predicted molar refractivity (Wildman–Crippen MR) is 90.6 cm³/mol. The van der Waals surface area contributed by atoms with E-state index in [4.69, 9.17) is 4.74 Å². The third-order valence-electron chi connectivity index (χ3n) is 4.26. The first-order chi connectivity index (χ1) is 11.2. The van der Waals surface area contributed by atoms with E-state index in [0.717, 1.165) is 30.6 Å². The van der Waals surface area contributed by atoms with Gasteiger partial charge in [-0.05, 0) is 42.5 Å². The smallest absolute Gasteiger partial charge is 0.315 e. The number of nitrogens with one attached hydrogen (secondary N) is 2. The first-order valence-corrected chi connectivity index (χ1v) is 7.96. The Morgan fingerprint density at radius 3 is 2.61 bits per heavy atom. The van der Waals surface area contributed by atoms with Gasteiger partial charge in [-0.1, -0.05) is 42.5 Å². The van der Waals surface area contributed by atoms with Gasteiger partial charge in [0.2, 0.25) is 0 Å². The summed E-state index contributed by atoms with van der Waals surface area (Å²) in [4.78, 5) is 12.1. The Bertz CT molecular complexity index is 666. The van der Waals surface area contributed by atoms with Crippen molar-refractivity contribution in [2.45, 2.75) is 24.8 Å². The van der Waals surface area contributed by atoms with Gasteiger partial charge in [-0.2, -0.15) is 0 Å². The van der Waals surface area contributed by atoms with Crippen molar-refractivity contribution in [2.75, 3.05) is 13.7 Å². The Balaban J connectivity index is 1.48. The first-order valence-electron chi connectivity index (χ1n) is 7.96. The second-order valence-corrected chi connectivity index (χ2v) is 5.93. The summed E-state index contributed by atoms with van der Waals surface area (Å²) in [7, 11) is 1.66. The van der Waals surface area contributed by atoms with E-state index in [-0.39, 0.29) is 11.6 Å². The lowest BCUT2D eigenvalue weighted by atomic mass is 10.1. The molecule has 0 heterocycles. The SMILES string of the molecule is COc1cccc(CCNC(=O)NC2(c3ccccc3)CC2)c1. The molecule has 4 nitrogen and oxygen atoms in total. The molecule has 0 unspecified atom stereocenters. The van der Waals surface area contributed by atoms with Gasteiger partial charge in [0.1, 0.15) is 5.75 Å². The van der Waals surface area contributed by atoms with E-state index in [1.54, 1.807) is 7.11 Å². The van der Waals surface area contributed by atoms with Gasteiger partial charge >= 0.3 is 6.03 Å². The summed E-state index contributed by atoms with van der Waals surface area (Å²) in [6, 6.07) is 18.0. The molecule has 0 aliphatic heterocycles. The van der Waals surface area contributed by atoms with Crippen molar-refractivity contribution in [1.82, 2.24) is 10.6 Å². The van der Waals surface area contributed by atoms with Crippen molar-refractivity contribution < 1.29 is 9.53 Å². The number of urea groups is 1. The second-order valence-electron chi connectivity index (χ2n) is 5.93. The summed E-state index contributed by atoms with van der Waals surface area (Å²) in [5, 5.41) is 6.06. The van der Waals surface area contributed by atoms with Gasteiger partial charge in [-0.15, -0.1) is 0 Å². The van der Waals surface area contributed by atoms with Crippen LogP contribution in [-0.2, 0) is 12.0 Å². The molecule has 2 aromatic carbocycles. The molecule has 0 atom stereocenters. The van der Waals surface area contributed by atoms with Crippen LogP contribution in [0.15, 0.2) is 54.6 Å². The van der Waals surface area contributed by atoms with Crippen LogP contribution in [-0.4, -0.2) is 19.7 Å². The summed E-state index contributed by atoms with van der Waals surface area (Å²) >= 11 is 0. The van der Waals surface area contributed by atoms with Gasteiger partial charge in [-0.3, -0.25) is 0 Å². The number of carbonyl (C=O) groups excluding carboxylic acids is 1. The van der Waals surface area contributed by atoms with Gasteiger partial charge in [0.25, 0.3) is 0 Å². The minimum Gasteiger partial charge on any atom is -0.497 e. The Hall–Kier alpha value is -2.49. The number of ether oxygens (including phenoxy) is 1. The zero-order chi connectivity index (χ0) is 16.1. The van der Waals surface area contributed by atoms with Crippen LogP contribution < -0.4 is 15.4 Å². The quantitative estimate of drug-likeness (QED) is 0.860. The molecular weight excluding hydrogens is 288 g/mol. The lowest BCUT2D eigenvalue weighted by Crippen LogP contribution is -2.42. The van der Waals surface area contributed by atoms with Crippen LogP contribution in [0.3, 0.4) is 0 Å². The fourth-order valence-corrected chi connectivity index (χ4v) is 2.78. The Labute approximate surface area is 136 Å². The molecular formula is C19H22N2O2. The Kier molecular flexibility index (Phi) is 4.51. The van der Waals surface area contributed by atoms with E-state index in [0.29, 0.717) is 6.54 Å². The van der Waals surface area contributed by atoms with Crippen LogP contribution in [0.2, 0.25) is 0 Å². The van der Waals surface area contributed by atoms with Crippen LogP contribution in [0, 0.1) is 0 Å². The maximum Gasteiger partial charge on any atom is 0.315 e. The fraction of sp³-hybridized carbons (Fsp3) is 0.316. The average Bonchev–Trinajstić information content (AvgIpc) is 3.36. The summed E-state index contributed by atoms with van der Waals surface area (Å²) in [6.45, 7) is 0.601. The van der Waals surface area contributed by atoms with Crippen molar-refractivity contribution in [3.63, 3.8) is 0 Å². The maximum atomic E-state index is 12.1. The maximum absolute atomic E-state index is 12.1. The lowest BCUT2D eigenvalue weighted by Gasteiger charge is -2.18. The molecule has 2 N–H and O–H groups in total. The van der Waals surface area contributed by atoms with E-state index in [9.17, 15) is 4.79 Å². The minimum atomic E-state index is -0.165. The van der Waals surface area contributed by atoms with Gasteiger partial charge < -0.3 is 15.4 Å². The van der Waals surface area contributed by atoms with Gasteiger partial charge in [0.15, 0.2) is 0 Å². The fourth-order valence-electron chi connectivity index (χ4n) is 2.78. The van der Waals surface area contributed by atoms with E-state index in [1.165, 1.54) is 5.56 Å². The highest BCUT2D eigenvalue weighted by atomic mass is 16.5. The van der Waals surface area contributed by atoms with E-state index >= 15 is 0 Å². The molecule has 0 radical (unpaired) electrons. The molecule has 23 heavy (non-hydrogen) atoms. The molecule has 3 rings (SSSR count). The summed E-state index contributed by atoms with van der Waals surface area (Å²) in [6.07, 6.45) is 2.78. The Morgan fingerprint density at radius 2 is 1.91 bits per heavy atom. The highest BCUT2D eigenvalue weighted by Gasteiger charge is 2.45. The van der Waals surface area contributed by atoms with Crippen LogP contribution in [0.25, 0.3) is 0 Å². The number of carbonyl (C=O) groups is 1.